The van der Waals surface area contributed by atoms with E-state index in [-0.39, 0.29) is 5.78 Å². The van der Waals surface area contributed by atoms with Crippen LogP contribution in [0.4, 0.5) is 0 Å². The van der Waals surface area contributed by atoms with E-state index in [1.165, 1.54) is 6.92 Å². The van der Waals surface area contributed by atoms with Gasteiger partial charge in [-0.1, -0.05) is 29.8 Å². The van der Waals surface area contributed by atoms with Gasteiger partial charge in [-0.15, -0.1) is 0 Å². The lowest BCUT2D eigenvalue weighted by Gasteiger charge is -2.04. The molecule has 0 saturated carbocycles. The SMILES string of the molecule is CC(=O)C(C#N)c1ccc(C)cc1. The van der Waals surface area contributed by atoms with Crippen molar-refractivity contribution in [2.45, 2.75) is 19.8 Å². The van der Waals surface area contributed by atoms with Crippen molar-refractivity contribution in [1.29, 1.82) is 5.26 Å². The molecular weight excluding hydrogens is 162 g/mol. The summed E-state index contributed by atoms with van der Waals surface area (Å²) >= 11 is 0. The molecular formula is C11H11NO. The molecule has 2 nitrogen and oxygen atoms in total. The molecule has 0 fully saturated rings. The molecule has 2 heteroatoms. The first-order valence-electron chi connectivity index (χ1n) is 4.12. The molecule has 0 bridgehead atoms. The van der Waals surface area contributed by atoms with Gasteiger partial charge in [-0.2, -0.15) is 5.26 Å². The maximum absolute atomic E-state index is 11.0. The van der Waals surface area contributed by atoms with Gasteiger partial charge in [0.1, 0.15) is 5.92 Å². The Kier molecular flexibility index (Phi) is 2.81. The largest absolute Gasteiger partial charge is 0.298 e. The molecule has 1 unspecified atom stereocenters. The van der Waals surface area contributed by atoms with E-state index in [0.717, 1.165) is 11.1 Å². The molecule has 0 aliphatic heterocycles. The Morgan fingerprint density at radius 3 is 2.31 bits per heavy atom. The minimum absolute atomic E-state index is 0.105. The van der Waals surface area contributed by atoms with E-state index in [1.807, 2.05) is 37.3 Å². The summed E-state index contributed by atoms with van der Waals surface area (Å²) < 4.78 is 0. The van der Waals surface area contributed by atoms with Crippen molar-refractivity contribution in [3.63, 3.8) is 0 Å². The highest BCUT2D eigenvalue weighted by molar-refractivity contribution is 5.86. The Bertz CT molecular complexity index is 345. The zero-order chi connectivity index (χ0) is 9.84. The third-order valence-electron chi connectivity index (χ3n) is 1.95. The number of nitrogens with zero attached hydrogens (tertiary/aromatic N) is 1. The van der Waals surface area contributed by atoms with Crippen molar-refractivity contribution in [1.82, 2.24) is 0 Å². The molecule has 1 aromatic carbocycles. The van der Waals surface area contributed by atoms with Crippen LogP contribution < -0.4 is 0 Å². The average molecular weight is 173 g/mol. The molecule has 0 amide bonds. The number of carbonyl (C=O) groups is 1. The molecule has 0 heterocycles. The lowest BCUT2D eigenvalue weighted by molar-refractivity contribution is -0.117. The maximum atomic E-state index is 11.0. The third-order valence-corrected chi connectivity index (χ3v) is 1.95. The van der Waals surface area contributed by atoms with Gasteiger partial charge < -0.3 is 0 Å². The molecule has 0 saturated heterocycles. The first-order chi connectivity index (χ1) is 6.15. The molecule has 66 valence electrons. The molecule has 0 aromatic heterocycles. The smallest absolute Gasteiger partial charge is 0.151 e. The summed E-state index contributed by atoms with van der Waals surface area (Å²) in [4.78, 5) is 11.0. The van der Waals surface area contributed by atoms with Gasteiger partial charge in [0.2, 0.25) is 0 Å². The second-order valence-corrected chi connectivity index (χ2v) is 3.08. The highest BCUT2D eigenvalue weighted by Crippen LogP contribution is 2.16. The van der Waals surface area contributed by atoms with Crippen LogP contribution in [0.5, 0.6) is 0 Å². The molecule has 1 rings (SSSR count). The molecule has 1 aromatic rings. The lowest BCUT2D eigenvalue weighted by Crippen LogP contribution is -2.05. The van der Waals surface area contributed by atoms with Crippen LogP contribution in [0.15, 0.2) is 24.3 Å². The quantitative estimate of drug-likeness (QED) is 0.687. The fourth-order valence-corrected chi connectivity index (χ4v) is 1.16. The Labute approximate surface area is 77.8 Å². The van der Waals surface area contributed by atoms with Crippen molar-refractivity contribution in [2.75, 3.05) is 0 Å². The average Bonchev–Trinajstić information content (AvgIpc) is 2.09. The van der Waals surface area contributed by atoms with E-state index in [1.54, 1.807) is 0 Å². The van der Waals surface area contributed by atoms with Crippen LogP contribution in [0.3, 0.4) is 0 Å². The number of rotatable bonds is 2. The summed E-state index contributed by atoms with van der Waals surface area (Å²) in [6.45, 7) is 3.41. The normalized spacial score (nSPS) is 11.8. The second kappa shape index (κ2) is 3.86. The van der Waals surface area contributed by atoms with E-state index in [2.05, 4.69) is 0 Å². The van der Waals surface area contributed by atoms with Gasteiger partial charge in [-0.3, -0.25) is 4.79 Å². The number of benzene rings is 1. The molecule has 13 heavy (non-hydrogen) atoms. The number of hydrogen-bond acceptors (Lipinski definition) is 2. The Morgan fingerprint density at radius 1 is 1.38 bits per heavy atom. The van der Waals surface area contributed by atoms with E-state index in [4.69, 9.17) is 5.26 Å². The van der Waals surface area contributed by atoms with E-state index < -0.39 is 5.92 Å². The van der Waals surface area contributed by atoms with Crippen molar-refractivity contribution >= 4 is 5.78 Å². The number of aryl methyl sites for hydroxylation is 1. The van der Waals surface area contributed by atoms with Crippen LogP contribution >= 0.6 is 0 Å². The monoisotopic (exact) mass is 173 g/mol. The van der Waals surface area contributed by atoms with Gasteiger partial charge in [0.15, 0.2) is 5.78 Å². The van der Waals surface area contributed by atoms with E-state index in [0.29, 0.717) is 0 Å². The highest BCUT2D eigenvalue weighted by atomic mass is 16.1. The standard InChI is InChI=1S/C11H11NO/c1-8-3-5-10(6-4-8)11(7-12)9(2)13/h3-6,11H,1-2H3. The predicted octanol–water partition coefficient (Wildman–Crippen LogP) is 2.19. The zero-order valence-electron chi connectivity index (χ0n) is 7.74. The van der Waals surface area contributed by atoms with Crippen molar-refractivity contribution in [3.8, 4) is 6.07 Å². The lowest BCUT2D eigenvalue weighted by atomic mass is 9.96. The second-order valence-electron chi connectivity index (χ2n) is 3.08. The molecule has 1 atom stereocenters. The Hall–Kier alpha value is -1.62. The van der Waals surface area contributed by atoms with Gasteiger partial charge >= 0.3 is 0 Å². The summed E-state index contributed by atoms with van der Waals surface area (Å²) in [5.74, 6) is -0.716. The molecule has 0 aliphatic carbocycles. The molecule has 0 N–H and O–H groups in total. The van der Waals surface area contributed by atoms with Crippen LogP contribution in [-0.4, -0.2) is 5.78 Å². The third kappa shape index (κ3) is 2.16. The number of carbonyl (C=O) groups excluding carboxylic acids is 1. The molecule has 0 aliphatic rings. The van der Waals surface area contributed by atoms with Crippen LogP contribution in [0.2, 0.25) is 0 Å². The fourth-order valence-electron chi connectivity index (χ4n) is 1.16. The summed E-state index contributed by atoms with van der Waals surface area (Å²) in [5, 5.41) is 8.75. The van der Waals surface area contributed by atoms with Gasteiger partial charge in [0.05, 0.1) is 6.07 Å². The first kappa shape index (κ1) is 9.47. The minimum atomic E-state index is -0.611. The fraction of sp³-hybridized carbons (Fsp3) is 0.273. The predicted molar refractivity (Wildman–Crippen MR) is 50.2 cm³/mol. The maximum Gasteiger partial charge on any atom is 0.151 e. The van der Waals surface area contributed by atoms with Crippen LogP contribution in [0, 0.1) is 18.3 Å². The van der Waals surface area contributed by atoms with Gasteiger partial charge in [-0.05, 0) is 19.4 Å². The van der Waals surface area contributed by atoms with Crippen LogP contribution in [-0.2, 0) is 4.79 Å². The van der Waals surface area contributed by atoms with Crippen molar-refractivity contribution in [3.05, 3.63) is 35.4 Å². The first-order valence-corrected chi connectivity index (χ1v) is 4.12. The summed E-state index contributed by atoms with van der Waals surface area (Å²) in [7, 11) is 0. The Morgan fingerprint density at radius 2 is 1.92 bits per heavy atom. The molecule has 0 radical (unpaired) electrons. The van der Waals surface area contributed by atoms with Crippen LogP contribution in [0.25, 0.3) is 0 Å². The molecule has 0 spiro atoms. The minimum Gasteiger partial charge on any atom is -0.298 e. The number of nitriles is 1. The van der Waals surface area contributed by atoms with E-state index in [9.17, 15) is 4.79 Å². The number of ketones is 1. The summed E-state index contributed by atoms with van der Waals surface area (Å²) in [6, 6.07) is 9.45. The number of hydrogen-bond donors (Lipinski definition) is 0. The van der Waals surface area contributed by atoms with Gasteiger partial charge in [-0.25, -0.2) is 0 Å². The van der Waals surface area contributed by atoms with Crippen LogP contribution in [0.1, 0.15) is 24.0 Å². The van der Waals surface area contributed by atoms with Gasteiger partial charge in [0.25, 0.3) is 0 Å². The Balaban J connectivity index is 3.01. The summed E-state index contributed by atoms with van der Waals surface area (Å²) in [6.07, 6.45) is 0. The van der Waals surface area contributed by atoms with E-state index >= 15 is 0 Å². The zero-order valence-corrected chi connectivity index (χ0v) is 7.74. The van der Waals surface area contributed by atoms with Gasteiger partial charge in [0, 0.05) is 0 Å². The highest BCUT2D eigenvalue weighted by Gasteiger charge is 2.14. The van der Waals surface area contributed by atoms with Crippen molar-refractivity contribution < 1.29 is 4.79 Å². The van der Waals surface area contributed by atoms with Crippen molar-refractivity contribution in [2.24, 2.45) is 0 Å². The number of Topliss-reactive ketones (excluding diaryl/α,β-unsaturated/α-hetero) is 1. The topological polar surface area (TPSA) is 40.9 Å². The summed E-state index contributed by atoms with van der Waals surface area (Å²) in [5.41, 5.74) is 1.91.